The van der Waals surface area contributed by atoms with Crippen LogP contribution in [0.1, 0.15) is 16.4 Å². The number of carbonyl (C=O) groups is 2. The van der Waals surface area contributed by atoms with Crippen LogP contribution in [0.2, 0.25) is 0 Å². The molecule has 10 heteroatoms. The molecule has 1 unspecified atom stereocenters. The number of aliphatic hydroxyl groups excluding tert-OH is 1. The van der Waals surface area contributed by atoms with Gasteiger partial charge in [0.15, 0.2) is 23.5 Å². The number of aromatic carboxylic acids is 1. The van der Waals surface area contributed by atoms with Gasteiger partial charge in [-0.15, -0.1) is 0 Å². The fourth-order valence-corrected chi connectivity index (χ4v) is 2.10. The molecule has 2 rings (SSSR count). The van der Waals surface area contributed by atoms with E-state index in [9.17, 15) is 27.6 Å². The number of aliphatic carboxylic acids is 1. The van der Waals surface area contributed by atoms with Gasteiger partial charge in [0.25, 0.3) is 0 Å². The van der Waals surface area contributed by atoms with Crippen LogP contribution in [-0.4, -0.2) is 38.4 Å². The van der Waals surface area contributed by atoms with Gasteiger partial charge in [0.05, 0.1) is 17.5 Å². The fraction of sp³-hybridized carbons (Fsp3) is 0.154. The Morgan fingerprint density at radius 3 is 2.26 bits per heavy atom. The summed E-state index contributed by atoms with van der Waals surface area (Å²) in [5.74, 6) is -9.04. The van der Waals surface area contributed by atoms with Gasteiger partial charge in [0, 0.05) is 6.20 Å². The predicted octanol–water partition coefficient (Wildman–Crippen LogP) is 0.735. The summed E-state index contributed by atoms with van der Waals surface area (Å²) in [6, 6.07) is -1.63. The first kappa shape index (κ1) is 16.5. The maximum absolute atomic E-state index is 14.0. The van der Waals surface area contributed by atoms with Gasteiger partial charge >= 0.3 is 11.9 Å². The number of aliphatic hydroxyl groups is 1. The summed E-state index contributed by atoms with van der Waals surface area (Å²) in [6.07, 6.45) is 0.461. The second-order valence-electron chi connectivity index (χ2n) is 4.50. The average Bonchev–Trinajstić information content (AvgIpc) is 2.47. The standard InChI is InChI=1S/C13H8F3NO6/c14-6-1-4-10(9(16)8(6)15)17(7(3-18)13(22)23)2-5(11(4)19)12(20)21/h1-2,7,18H,3H2,(H,20,21)(H,22,23). The summed E-state index contributed by atoms with van der Waals surface area (Å²) in [4.78, 5) is 34.1. The highest BCUT2D eigenvalue weighted by Crippen LogP contribution is 2.24. The Labute approximate surface area is 124 Å². The van der Waals surface area contributed by atoms with Crippen molar-refractivity contribution in [3.05, 3.63) is 45.5 Å². The zero-order valence-electron chi connectivity index (χ0n) is 11.1. The van der Waals surface area contributed by atoms with E-state index in [4.69, 9.17) is 15.3 Å². The molecular formula is C13H8F3NO6. The molecule has 0 aliphatic rings. The third-order valence-corrected chi connectivity index (χ3v) is 3.18. The summed E-state index contributed by atoms with van der Waals surface area (Å²) in [7, 11) is 0. The van der Waals surface area contributed by atoms with Crippen molar-refractivity contribution >= 4 is 22.8 Å². The minimum Gasteiger partial charge on any atom is -0.480 e. The molecule has 0 aliphatic heterocycles. The average molecular weight is 331 g/mol. The molecule has 0 saturated heterocycles. The highest BCUT2D eigenvalue weighted by molar-refractivity contribution is 5.93. The van der Waals surface area contributed by atoms with E-state index < -0.39 is 63.9 Å². The number of carboxylic acid groups (broad SMARTS) is 2. The number of halogens is 3. The summed E-state index contributed by atoms with van der Waals surface area (Å²) < 4.78 is 41.1. The van der Waals surface area contributed by atoms with E-state index in [2.05, 4.69) is 0 Å². The topological polar surface area (TPSA) is 117 Å². The van der Waals surface area contributed by atoms with E-state index >= 15 is 0 Å². The van der Waals surface area contributed by atoms with Crippen LogP contribution in [0.25, 0.3) is 10.9 Å². The smallest absolute Gasteiger partial charge is 0.341 e. The van der Waals surface area contributed by atoms with Crippen molar-refractivity contribution < 1.29 is 38.1 Å². The summed E-state index contributed by atoms with van der Waals surface area (Å²) in [5, 5.41) is 26.2. The number of benzene rings is 1. The third kappa shape index (κ3) is 2.52. The molecular weight excluding hydrogens is 323 g/mol. The molecule has 1 heterocycles. The van der Waals surface area contributed by atoms with E-state index in [1.54, 1.807) is 0 Å². The van der Waals surface area contributed by atoms with Crippen molar-refractivity contribution in [1.82, 2.24) is 4.57 Å². The van der Waals surface area contributed by atoms with Crippen molar-refractivity contribution in [3.8, 4) is 0 Å². The maximum Gasteiger partial charge on any atom is 0.341 e. The number of hydrogen-bond donors (Lipinski definition) is 3. The lowest BCUT2D eigenvalue weighted by Gasteiger charge is -2.18. The monoisotopic (exact) mass is 331 g/mol. The first-order valence-electron chi connectivity index (χ1n) is 6.00. The van der Waals surface area contributed by atoms with Gasteiger partial charge in [-0.05, 0) is 6.07 Å². The Hall–Kier alpha value is -2.88. The zero-order chi connectivity index (χ0) is 17.5. The lowest BCUT2D eigenvalue weighted by atomic mass is 10.1. The quantitative estimate of drug-likeness (QED) is 0.711. The molecule has 1 aromatic carbocycles. The van der Waals surface area contributed by atoms with Crippen molar-refractivity contribution in [1.29, 1.82) is 0 Å². The highest BCUT2D eigenvalue weighted by atomic mass is 19.2. The first-order valence-corrected chi connectivity index (χ1v) is 6.00. The largest absolute Gasteiger partial charge is 0.480 e. The first-order chi connectivity index (χ1) is 10.7. The van der Waals surface area contributed by atoms with Gasteiger partial charge in [-0.2, -0.15) is 0 Å². The molecule has 0 amide bonds. The van der Waals surface area contributed by atoms with Crippen LogP contribution in [0.3, 0.4) is 0 Å². The molecule has 1 aromatic heterocycles. The summed E-state index contributed by atoms with van der Waals surface area (Å²) in [5.41, 5.74) is -3.26. The highest BCUT2D eigenvalue weighted by Gasteiger charge is 2.27. The predicted molar refractivity (Wildman–Crippen MR) is 68.8 cm³/mol. The van der Waals surface area contributed by atoms with Crippen molar-refractivity contribution in [2.75, 3.05) is 6.61 Å². The number of hydrogen-bond acceptors (Lipinski definition) is 4. The number of pyridine rings is 1. The van der Waals surface area contributed by atoms with E-state index in [0.29, 0.717) is 10.8 Å². The van der Waals surface area contributed by atoms with Crippen LogP contribution >= 0.6 is 0 Å². The van der Waals surface area contributed by atoms with Crippen LogP contribution in [0.4, 0.5) is 13.2 Å². The molecule has 0 fully saturated rings. The van der Waals surface area contributed by atoms with Gasteiger partial charge in [-0.25, -0.2) is 22.8 Å². The molecule has 122 valence electrons. The van der Waals surface area contributed by atoms with Crippen molar-refractivity contribution in [2.45, 2.75) is 6.04 Å². The second kappa shape index (κ2) is 5.72. The number of aromatic nitrogens is 1. The van der Waals surface area contributed by atoms with E-state index in [1.807, 2.05) is 0 Å². The Kier molecular flexibility index (Phi) is 4.10. The second-order valence-corrected chi connectivity index (χ2v) is 4.50. The Morgan fingerprint density at radius 1 is 1.17 bits per heavy atom. The number of fused-ring (bicyclic) bond motifs is 1. The molecule has 3 N–H and O–H groups in total. The van der Waals surface area contributed by atoms with Gasteiger partial charge in [-0.1, -0.05) is 0 Å². The Balaban J connectivity index is 3.09. The lowest BCUT2D eigenvalue weighted by Crippen LogP contribution is -2.28. The number of carboxylic acids is 2. The normalized spacial score (nSPS) is 12.3. The van der Waals surface area contributed by atoms with Gasteiger partial charge < -0.3 is 19.9 Å². The van der Waals surface area contributed by atoms with Gasteiger partial charge in [-0.3, -0.25) is 4.79 Å². The Morgan fingerprint density at radius 2 is 1.78 bits per heavy atom. The van der Waals surface area contributed by atoms with Crippen molar-refractivity contribution in [2.24, 2.45) is 0 Å². The maximum atomic E-state index is 14.0. The lowest BCUT2D eigenvalue weighted by molar-refractivity contribution is -0.142. The van der Waals surface area contributed by atoms with Gasteiger partial charge in [0.2, 0.25) is 5.43 Å². The van der Waals surface area contributed by atoms with Gasteiger partial charge in [0.1, 0.15) is 5.56 Å². The van der Waals surface area contributed by atoms with Crippen LogP contribution in [0.15, 0.2) is 17.1 Å². The molecule has 1 atom stereocenters. The Bertz CT molecular complexity index is 892. The molecule has 0 radical (unpaired) electrons. The minimum atomic E-state index is -1.96. The third-order valence-electron chi connectivity index (χ3n) is 3.18. The molecule has 0 saturated carbocycles. The van der Waals surface area contributed by atoms with Crippen LogP contribution in [0.5, 0.6) is 0 Å². The van der Waals surface area contributed by atoms with Crippen LogP contribution < -0.4 is 5.43 Å². The molecule has 0 aliphatic carbocycles. The SMILES string of the molecule is O=C(O)c1cn(C(CO)C(=O)O)c2c(F)c(F)c(F)cc2c1=O. The van der Waals surface area contributed by atoms with E-state index in [1.165, 1.54) is 0 Å². The van der Waals surface area contributed by atoms with E-state index in [-0.39, 0.29) is 6.07 Å². The minimum absolute atomic E-state index is 0.273. The molecule has 0 spiro atoms. The van der Waals surface area contributed by atoms with Crippen molar-refractivity contribution in [3.63, 3.8) is 0 Å². The molecule has 7 nitrogen and oxygen atoms in total. The fourth-order valence-electron chi connectivity index (χ4n) is 2.10. The van der Waals surface area contributed by atoms with E-state index in [0.717, 1.165) is 0 Å². The van der Waals surface area contributed by atoms with Crippen LogP contribution in [0, 0.1) is 17.5 Å². The number of rotatable bonds is 4. The number of nitrogens with zero attached hydrogens (tertiary/aromatic N) is 1. The summed E-state index contributed by atoms with van der Waals surface area (Å²) >= 11 is 0. The molecule has 2 aromatic rings. The summed E-state index contributed by atoms with van der Waals surface area (Å²) in [6.45, 7) is -1.11. The zero-order valence-corrected chi connectivity index (χ0v) is 11.1. The molecule has 23 heavy (non-hydrogen) atoms. The molecule has 0 bridgehead atoms. The van der Waals surface area contributed by atoms with Crippen LogP contribution in [-0.2, 0) is 4.79 Å².